The van der Waals surface area contributed by atoms with E-state index in [-0.39, 0.29) is 18.0 Å². The summed E-state index contributed by atoms with van der Waals surface area (Å²) in [4.78, 5) is 0. The second-order valence-corrected chi connectivity index (χ2v) is 4.40. The third-order valence-corrected chi connectivity index (χ3v) is 2.50. The summed E-state index contributed by atoms with van der Waals surface area (Å²) in [6.45, 7) is 4.09. The number of halogens is 2. The minimum Gasteiger partial charge on any atom is -0.271 e. The van der Waals surface area contributed by atoms with E-state index >= 15 is 0 Å². The van der Waals surface area contributed by atoms with E-state index in [1.54, 1.807) is 0 Å². The molecule has 1 rings (SSSR count). The summed E-state index contributed by atoms with van der Waals surface area (Å²) >= 11 is 0. The Balaban J connectivity index is 2.77. The quantitative estimate of drug-likeness (QED) is 0.600. The predicted octanol–water partition coefficient (Wildman–Crippen LogP) is 2.39. The van der Waals surface area contributed by atoms with Crippen LogP contribution in [0.3, 0.4) is 0 Å². The Morgan fingerprint density at radius 2 is 1.81 bits per heavy atom. The van der Waals surface area contributed by atoms with Crippen LogP contribution in [-0.2, 0) is 6.42 Å². The van der Waals surface area contributed by atoms with E-state index in [0.717, 1.165) is 6.42 Å². The van der Waals surface area contributed by atoms with Crippen molar-refractivity contribution in [1.29, 1.82) is 0 Å². The van der Waals surface area contributed by atoms with Gasteiger partial charge in [0.15, 0.2) is 0 Å². The van der Waals surface area contributed by atoms with Crippen LogP contribution >= 0.6 is 0 Å². The Morgan fingerprint density at radius 1 is 1.25 bits per heavy atom. The molecule has 2 nitrogen and oxygen atoms in total. The van der Waals surface area contributed by atoms with E-state index in [1.807, 2.05) is 13.8 Å². The average molecular weight is 228 g/mol. The van der Waals surface area contributed by atoms with E-state index in [9.17, 15) is 8.78 Å². The van der Waals surface area contributed by atoms with Crippen molar-refractivity contribution in [1.82, 2.24) is 5.43 Å². The van der Waals surface area contributed by atoms with Crippen LogP contribution in [0.5, 0.6) is 0 Å². The van der Waals surface area contributed by atoms with Crippen molar-refractivity contribution < 1.29 is 8.78 Å². The van der Waals surface area contributed by atoms with Gasteiger partial charge in [0.1, 0.15) is 11.6 Å². The molecule has 0 bridgehead atoms. The fourth-order valence-electron chi connectivity index (χ4n) is 1.75. The van der Waals surface area contributed by atoms with Gasteiger partial charge in [-0.3, -0.25) is 11.3 Å². The highest BCUT2D eigenvalue weighted by atomic mass is 19.1. The van der Waals surface area contributed by atoms with Crippen molar-refractivity contribution in [3.63, 3.8) is 0 Å². The summed E-state index contributed by atoms with van der Waals surface area (Å²) in [7, 11) is 0. The molecule has 1 unspecified atom stereocenters. The maximum absolute atomic E-state index is 13.4. The molecule has 0 spiro atoms. The number of benzene rings is 1. The van der Waals surface area contributed by atoms with Gasteiger partial charge in [-0.1, -0.05) is 19.9 Å². The van der Waals surface area contributed by atoms with Gasteiger partial charge >= 0.3 is 0 Å². The first-order chi connectivity index (χ1) is 7.54. The van der Waals surface area contributed by atoms with Gasteiger partial charge in [0.2, 0.25) is 0 Å². The van der Waals surface area contributed by atoms with Crippen LogP contribution in [0, 0.1) is 17.6 Å². The second-order valence-electron chi connectivity index (χ2n) is 4.40. The number of rotatable bonds is 5. The highest BCUT2D eigenvalue weighted by Gasteiger charge is 2.15. The third kappa shape index (κ3) is 3.54. The lowest BCUT2D eigenvalue weighted by Crippen LogP contribution is -2.38. The Kier molecular flexibility index (Phi) is 4.83. The maximum atomic E-state index is 13.4. The van der Waals surface area contributed by atoms with Gasteiger partial charge in [0, 0.05) is 11.6 Å². The summed E-state index contributed by atoms with van der Waals surface area (Å²) in [5.74, 6) is 4.78. The van der Waals surface area contributed by atoms with Gasteiger partial charge < -0.3 is 0 Å². The van der Waals surface area contributed by atoms with Crippen molar-refractivity contribution in [2.45, 2.75) is 32.7 Å². The van der Waals surface area contributed by atoms with Gasteiger partial charge in [-0.05, 0) is 30.9 Å². The Hall–Kier alpha value is -1.00. The average Bonchev–Trinajstić information content (AvgIpc) is 2.21. The smallest absolute Gasteiger partial charge is 0.129 e. The Bertz CT molecular complexity index is 320. The molecule has 1 aromatic rings. The zero-order valence-electron chi connectivity index (χ0n) is 9.63. The zero-order valence-corrected chi connectivity index (χ0v) is 9.63. The Labute approximate surface area is 94.8 Å². The standard InChI is InChI=1S/C12H18F2N2/c1-8(2)6-9(16-15)7-10-11(13)4-3-5-12(10)14/h3-5,8-9,16H,6-7,15H2,1-2H3. The minimum atomic E-state index is -0.510. The molecule has 0 aromatic heterocycles. The first-order valence-electron chi connectivity index (χ1n) is 5.43. The van der Waals surface area contributed by atoms with Crippen molar-refractivity contribution in [2.75, 3.05) is 0 Å². The summed E-state index contributed by atoms with van der Waals surface area (Å²) in [5.41, 5.74) is 2.71. The maximum Gasteiger partial charge on any atom is 0.129 e. The predicted molar refractivity (Wildman–Crippen MR) is 60.6 cm³/mol. The van der Waals surface area contributed by atoms with Crippen LogP contribution in [0.15, 0.2) is 18.2 Å². The topological polar surface area (TPSA) is 38.0 Å². The third-order valence-electron chi connectivity index (χ3n) is 2.50. The van der Waals surface area contributed by atoms with Gasteiger partial charge in [-0.25, -0.2) is 8.78 Å². The fraction of sp³-hybridized carbons (Fsp3) is 0.500. The molecule has 0 radical (unpaired) electrons. The molecule has 1 atom stereocenters. The molecule has 0 aliphatic carbocycles. The number of hydrazine groups is 1. The van der Waals surface area contributed by atoms with Crippen molar-refractivity contribution in [3.05, 3.63) is 35.4 Å². The van der Waals surface area contributed by atoms with Gasteiger partial charge in [-0.15, -0.1) is 0 Å². The van der Waals surface area contributed by atoms with E-state index < -0.39 is 11.6 Å². The largest absolute Gasteiger partial charge is 0.271 e. The van der Waals surface area contributed by atoms with Crippen LogP contribution in [0.4, 0.5) is 8.78 Å². The summed E-state index contributed by atoms with van der Waals surface area (Å²) in [5, 5.41) is 0. The van der Waals surface area contributed by atoms with Crippen LogP contribution < -0.4 is 11.3 Å². The highest BCUT2D eigenvalue weighted by molar-refractivity contribution is 5.20. The Morgan fingerprint density at radius 3 is 2.25 bits per heavy atom. The van der Waals surface area contributed by atoms with Gasteiger partial charge in [-0.2, -0.15) is 0 Å². The molecule has 1 aromatic carbocycles. The fourth-order valence-corrected chi connectivity index (χ4v) is 1.75. The number of hydrogen-bond donors (Lipinski definition) is 2. The molecule has 4 heteroatoms. The molecular formula is C12H18F2N2. The van der Waals surface area contributed by atoms with Crippen molar-refractivity contribution in [2.24, 2.45) is 11.8 Å². The first kappa shape index (κ1) is 13.1. The van der Waals surface area contributed by atoms with Crippen LogP contribution in [0.1, 0.15) is 25.8 Å². The van der Waals surface area contributed by atoms with Gasteiger partial charge in [0.25, 0.3) is 0 Å². The number of hydrogen-bond acceptors (Lipinski definition) is 2. The molecule has 0 saturated heterocycles. The van der Waals surface area contributed by atoms with Crippen LogP contribution in [0.2, 0.25) is 0 Å². The highest BCUT2D eigenvalue weighted by Crippen LogP contribution is 2.16. The molecule has 3 N–H and O–H groups in total. The van der Waals surface area contributed by atoms with E-state index in [0.29, 0.717) is 5.92 Å². The van der Waals surface area contributed by atoms with Crippen molar-refractivity contribution in [3.8, 4) is 0 Å². The van der Waals surface area contributed by atoms with E-state index in [4.69, 9.17) is 5.84 Å². The second kappa shape index (κ2) is 5.92. The lowest BCUT2D eigenvalue weighted by atomic mass is 9.97. The SMILES string of the molecule is CC(C)CC(Cc1c(F)cccc1F)NN. The number of nitrogens with one attached hydrogen (secondary N) is 1. The lowest BCUT2D eigenvalue weighted by Gasteiger charge is -2.18. The van der Waals surface area contributed by atoms with Crippen molar-refractivity contribution >= 4 is 0 Å². The van der Waals surface area contributed by atoms with Crippen LogP contribution in [0.25, 0.3) is 0 Å². The van der Waals surface area contributed by atoms with E-state index in [2.05, 4.69) is 5.43 Å². The number of nitrogens with two attached hydrogens (primary N) is 1. The summed E-state index contributed by atoms with van der Waals surface area (Å²) in [6, 6.07) is 3.79. The molecule has 0 aliphatic rings. The zero-order chi connectivity index (χ0) is 12.1. The normalized spacial score (nSPS) is 13.1. The molecule has 0 aliphatic heterocycles. The monoisotopic (exact) mass is 228 g/mol. The molecule has 0 saturated carbocycles. The molecule has 0 fully saturated rings. The summed E-state index contributed by atoms with van der Waals surface area (Å²) < 4.78 is 26.8. The van der Waals surface area contributed by atoms with Crippen LogP contribution in [-0.4, -0.2) is 6.04 Å². The summed E-state index contributed by atoms with van der Waals surface area (Å²) in [6.07, 6.45) is 1.05. The first-order valence-corrected chi connectivity index (χ1v) is 5.43. The molecule has 0 heterocycles. The van der Waals surface area contributed by atoms with Gasteiger partial charge in [0.05, 0.1) is 0 Å². The minimum absolute atomic E-state index is 0.103. The lowest BCUT2D eigenvalue weighted by molar-refractivity contribution is 0.411. The van der Waals surface area contributed by atoms with E-state index in [1.165, 1.54) is 18.2 Å². The molecule has 16 heavy (non-hydrogen) atoms. The molecular weight excluding hydrogens is 210 g/mol. The molecule has 90 valence electrons. The molecule has 0 amide bonds.